The molecule has 0 radical (unpaired) electrons. The molecule has 3 rings (SSSR count). The lowest BCUT2D eigenvalue weighted by Crippen LogP contribution is -2.41. The molecule has 30 heavy (non-hydrogen) atoms. The molecule has 2 aromatic rings. The topological polar surface area (TPSA) is 60.9 Å². The van der Waals surface area contributed by atoms with Crippen LogP contribution < -0.4 is 14.2 Å². The molecule has 0 aliphatic heterocycles. The Hall–Kier alpha value is -2.28. The smallest absolute Gasteiger partial charge is 0.226 e. The molecule has 1 heterocycles. The Balaban J connectivity index is 1.67. The second kappa shape index (κ2) is 10.7. The molecule has 1 aliphatic rings. The van der Waals surface area contributed by atoms with E-state index in [-0.39, 0.29) is 17.9 Å². The summed E-state index contributed by atoms with van der Waals surface area (Å²) in [7, 11) is 3.21. The molecule has 1 amide bonds. The molecule has 1 aromatic heterocycles. The van der Waals surface area contributed by atoms with E-state index < -0.39 is 0 Å². The van der Waals surface area contributed by atoms with E-state index in [1.807, 2.05) is 28.5 Å². The molecular formula is C23H32N2O4S. The molecule has 7 heteroatoms. The highest BCUT2D eigenvalue weighted by molar-refractivity contribution is 7.09. The summed E-state index contributed by atoms with van der Waals surface area (Å²) in [5.41, 5.74) is 0.914. The van der Waals surface area contributed by atoms with Crippen molar-refractivity contribution >= 4 is 17.2 Å². The third-order valence-electron chi connectivity index (χ3n) is 5.76. The summed E-state index contributed by atoms with van der Waals surface area (Å²) >= 11 is 1.55. The van der Waals surface area contributed by atoms with Gasteiger partial charge < -0.3 is 19.1 Å². The zero-order valence-electron chi connectivity index (χ0n) is 18.3. The first-order chi connectivity index (χ1) is 14.6. The summed E-state index contributed by atoms with van der Waals surface area (Å²) in [6.07, 6.45) is 5.29. The maximum atomic E-state index is 13.1. The predicted molar refractivity (Wildman–Crippen MR) is 118 cm³/mol. The average Bonchev–Trinajstić information content (AvgIpc) is 3.47. The summed E-state index contributed by atoms with van der Waals surface area (Å²) < 4.78 is 16.7. The minimum absolute atomic E-state index is 0.179. The number of aromatic nitrogens is 1. The van der Waals surface area contributed by atoms with E-state index in [9.17, 15) is 4.79 Å². The lowest BCUT2D eigenvalue weighted by atomic mass is 10.0. The maximum absolute atomic E-state index is 13.1. The summed E-state index contributed by atoms with van der Waals surface area (Å²) in [5, 5.41) is 2.88. The highest BCUT2D eigenvalue weighted by atomic mass is 32.1. The Bertz CT molecular complexity index is 810. The van der Waals surface area contributed by atoms with Crippen LogP contribution in [0.3, 0.4) is 0 Å². The minimum atomic E-state index is 0.179. The molecular weight excluding hydrogens is 400 g/mol. The molecule has 0 unspecified atom stereocenters. The van der Waals surface area contributed by atoms with Gasteiger partial charge in [-0.25, -0.2) is 4.98 Å². The molecule has 0 saturated heterocycles. The number of nitrogens with zero attached hydrogens (tertiary/aromatic N) is 2. The first-order valence-corrected chi connectivity index (χ1v) is 11.5. The largest absolute Gasteiger partial charge is 0.493 e. The highest BCUT2D eigenvalue weighted by Gasteiger charge is 2.29. The van der Waals surface area contributed by atoms with Crippen molar-refractivity contribution in [2.75, 3.05) is 14.2 Å². The first-order valence-electron chi connectivity index (χ1n) is 10.6. The zero-order valence-corrected chi connectivity index (χ0v) is 19.2. The summed E-state index contributed by atoms with van der Waals surface area (Å²) in [4.78, 5) is 19.8. The van der Waals surface area contributed by atoms with Gasteiger partial charge in [0.25, 0.3) is 0 Å². The van der Waals surface area contributed by atoms with Gasteiger partial charge in [-0.3, -0.25) is 4.79 Å². The van der Waals surface area contributed by atoms with Gasteiger partial charge in [-0.2, -0.15) is 0 Å². The number of thiazole rings is 1. The third kappa shape index (κ3) is 5.25. The summed E-state index contributed by atoms with van der Waals surface area (Å²) in [6, 6.07) is 5.74. The maximum Gasteiger partial charge on any atom is 0.226 e. The van der Waals surface area contributed by atoms with Crippen molar-refractivity contribution < 1.29 is 19.0 Å². The molecule has 0 N–H and O–H groups in total. The van der Waals surface area contributed by atoms with Crippen molar-refractivity contribution in [3.63, 3.8) is 0 Å². The Labute approximate surface area is 183 Å². The van der Waals surface area contributed by atoms with Gasteiger partial charge in [0.2, 0.25) is 11.7 Å². The summed E-state index contributed by atoms with van der Waals surface area (Å²) in [6.45, 7) is 5.12. The van der Waals surface area contributed by atoms with Gasteiger partial charge >= 0.3 is 0 Å². The van der Waals surface area contributed by atoms with Gasteiger partial charge in [0.1, 0.15) is 11.6 Å². The Morgan fingerprint density at radius 2 is 1.90 bits per heavy atom. The van der Waals surface area contributed by atoms with Crippen molar-refractivity contribution in [2.24, 2.45) is 5.92 Å². The second-order valence-corrected chi connectivity index (χ2v) is 8.66. The van der Waals surface area contributed by atoms with Crippen LogP contribution in [0.1, 0.15) is 56.7 Å². The number of rotatable bonds is 10. The number of hydrogen-bond donors (Lipinski definition) is 0. The fourth-order valence-corrected chi connectivity index (χ4v) is 4.53. The van der Waals surface area contributed by atoms with Gasteiger partial charge in [-0.15, -0.1) is 11.3 Å². The number of carbonyl (C=O) groups is 1. The number of amides is 1. The third-order valence-corrected chi connectivity index (χ3v) is 6.64. The van der Waals surface area contributed by atoms with Crippen LogP contribution in [0, 0.1) is 5.92 Å². The highest BCUT2D eigenvalue weighted by Crippen LogP contribution is 2.37. The van der Waals surface area contributed by atoms with Gasteiger partial charge in [0.15, 0.2) is 11.5 Å². The average molecular weight is 433 g/mol. The molecule has 1 fully saturated rings. The normalized spacial score (nSPS) is 15.1. The number of carbonyl (C=O) groups excluding carboxylic acids is 1. The second-order valence-electron chi connectivity index (χ2n) is 7.72. The molecule has 6 nitrogen and oxygen atoms in total. The van der Waals surface area contributed by atoms with Crippen molar-refractivity contribution in [3.05, 3.63) is 34.3 Å². The van der Waals surface area contributed by atoms with Crippen molar-refractivity contribution in [2.45, 2.75) is 65.1 Å². The van der Waals surface area contributed by atoms with Crippen LogP contribution in [0.5, 0.6) is 17.2 Å². The van der Waals surface area contributed by atoms with E-state index in [1.165, 1.54) is 0 Å². The zero-order chi connectivity index (χ0) is 21.5. The number of benzene rings is 1. The van der Waals surface area contributed by atoms with Gasteiger partial charge in [-0.1, -0.05) is 25.8 Å². The first kappa shape index (κ1) is 22.4. The van der Waals surface area contributed by atoms with Gasteiger partial charge in [0, 0.05) is 17.3 Å². The van der Waals surface area contributed by atoms with Crippen molar-refractivity contribution in [3.8, 4) is 17.2 Å². The molecule has 0 bridgehead atoms. The molecule has 1 atom stereocenters. The lowest BCUT2D eigenvalue weighted by Gasteiger charge is -2.30. The fraction of sp³-hybridized carbons (Fsp3) is 0.565. The van der Waals surface area contributed by atoms with Crippen LogP contribution in [-0.2, 0) is 17.9 Å². The van der Waals surface area contributed by atoms with Crippen molar-refractivity contribution in [1.82, 2.24) is 9.88 Å². The summed E-state index contributed by atoms with van der Waals surface area (Å²) in [5.74, 6) is 2.27. The predicted octanol–water partition coefficient (Wildman–Crippen LogP) is 5.06. The molecule has 1 aromatic carbocycles. The van der Waals surface area contributed by atoms with E-state index >= 15 is 0 Å². The fourth-order valence-electron chi connectivity index (χ4n) is 3.83. The standard InChI is InChI=1S/C23H32N2O4S/c1-5-16(2)25(23(26)17-9-6-7-10-17)13-18-15-30-21(24-18)14-29-22-19(27-3)11-8-12-20(22)28-4/h8,11-12,15-17H,5-7,9-10,13-14H2,1-4H3/t16-/m0/s1. The molecule has 164 valence electrons. The van der Waals surface area contributed by atoms with Gasteiger partial charge in [0.05, 0.1) is 26.5 Å². The van der Waals surface area contributed by atoms with Gasteiger partial charge in [-0.05, 0) is 38.3 Å². The molecule has 1 aliphatic carbocycles. The van der Waals surface area contributed by atoms with E-state index in [0.29, 0.717) is 30.4 Å². The van der Waals surface area contributed by atoms with E-state index in [4.69, 9.17) is 19.2 Å². The number of methoxy groups -OCH3 is 2. The monoisotopic (exact) mass is 432 g/mol. The van der Waals surface area contributed by atoms with E-state index in [1.54, 1.807) is 25.6 Å². The van der Waals surface area contributed by atoms with Crippen LogP contribution in [-0.4, -0.2) is 36.1 Å². The SMILES string of the molecule is CC[C@H](C)N(Cc1csc(COc2c(OC)cccc2OC)n1)C(=O)C1CCCC1. The lowest BCUT2D eigenvalue weighted by molar-refractivity contribution is -0.138. The van der Waals surface area contributed by atoms with E-state index in [0.717, 1.165) is 42.8 Å². The van der Waals surface area contributed by atoms with Crippen molar-refractivity contribution in [1.29, 1.82) is 0 Å². The van der Waals surface area contributed by atoms with Crippen LogP contribution in [0.15, 0.2) is 23.6 Å². The van der Waals surface area contributed by atoms with Crippen LogP contribution in [0.4, 0.5) is 0 Å². The Morgan fingerprint density at radius 1 is 1.23 bits per heavy atom. The van der Waals surface area contributed by atoms with Crippen LogP contribution in [0.25, 0.3) is 0 Å². The molecule has 0 spiro atoms. The van der Waals surface area contributed by atoms with E-state index in [2.05, 4.69) is 13.8 Å². The number of ether oxygens (including phenoxy) is 3. The van der Waals surface area contributed by atoms with Crippen LogP contribution in [0.2, 0.25) is 0 Å². The minimum Gasteiger partial charge on any atom is -0.493 e. The number of para-hydroxylation sites is 1. The van der Waals surface area contributed by atoms with Crippen LogP contribution >= 0.6 is 11.3 Å². The quantitative estimate of drug-likeness (QED) is 0.525. The Kier molecular flexibility index (Phi) is 7.96. The Morgan fingerprint density at radius 3 is 2.50 bits per heavy atom. The molecule has 1 saturated carbocycles. The number of hydrogen-bond acceptors (Lipinski definition) is 6.